The lowest BCUT2D eigenvalue weighted by Gasteiger charge is -2.33. The summed E-state index contributed by atoms with van der Waals surface area (Å²) in [6, 6.07) is 3.05. The summed E-state index contributed by atoms with van der Waals surface area (Å²) >= 11 is 12.3. The molecule has 1 aliphatic heterocycles. The monoisotopic (exact) mass is 437 g/mol. The Hall–Kier alpha value is -0.610. The van der Waals surface area contributed by atoms with E-state index in [4.69, 9.17) is 33.7 Å². The second-order valence-electron chi connectivity index (χ2n) is 7.09. The molecule has 1 atom stereocenters. The third kappa shape index (κ3) is 5.47. The fourth-order valence-corrected chi connectivity index (χ4v) is 5.29. The van der Waals surface area contributed by atoms with Crippen molar-refractivity contribution >= 4 is 33.2 Å². The van der Waals surface area contributed by atoms with E-state index in [9.17, 15) is 13.5 Å². The lowest BCUT2D eigenvalue weighted by molar-refractivity contribution is 0.0630. The van der Waals surface area contributed by atoms with Crippen LogP contribution in [0.25, 0.3) is 0 Å². The van der Waals surface area contributed by atoms with Gasteiger partial charge in [0.05, 0.1) is 16.1 Å². The van der Waals surface area contributed by atoms with E-state index in [1.807, 2.05) is 0 Å². The molecule has 27 heavy (non-hydrogen) atoms. The number of hydrogen-bond donors (Lipinski definition) is 3. The van der Waals surface area contributed by atoms with Gasteiger partial charge in [-0.3, -0.25) is 0 Å². The molecule has 1 saturated heterocycles. The van der Waals surface area contributed by atoms with E-state index in [0.29, 0.717) is 19.4 Å². The van der Waals surface area contributed by atoms with Crippen molar-refractivity contribution in [3.8, 4) is 5.75 Å². The predicted molar refractivity (Wildman–Crippen MR) is 105 cm³/mol. The largest absolute Gasteiger partial charge is 0.489 e. The fourth-order valence-electron chi connectivity index (χ4n) is 3.10. The molecule has 1 saturated carbocycles. The summed E-state index contributed by atoms with van der Waals surface area (Å²) in [6.45, 7) is 2.24. The topological polar surface area (TPSA) is 105 Å². The van der Waals surface area contributed by atoms with E-state index in [0.717, 1.165) is 25.9 Å². The van der Waals surface area contributed by atoms with Crippen LogP contribution in [0.2, 0.25) is 10.0 Å². The Morgan fingerprint density at radius 2 is 1.93 bits per heavy atom. The van der Waals surface area contributed by atoms with Gasteiger partial charge in [-0.05, 0) is 37.8 Å². The zero-order valence-corrected chi connectivity index (χ0v) is 17.2. The second-order valence-corrected chi connectivity index (χ2v) is 9.53. The molecule has 2 fully saturated rings. The minimum atomic E-state index is -3.81. The molecule has 0 spiro atoms. The predicted octanol–water partition coefficient (Wildman–Crippen LogP) is 1.60. The Bertz CT molecular complexity index is 766. The summed E-state index contributed by atoms with van der Waals surface area (Å²) in [6.07, 6.45) is 2.40. The van der Waals surface area contributed by atoms with E-state index in [1.54, 1.807) is 12.1 Å². The van der Waals surface area contributed by atoms with Crippen molar-refractivity contribution in [2.24, 2.45) is 5.73 Å². The summed E-state index contributed by atoms with van der Waals surface area (Å²) < 4.78 is 34.1. The average molecular weight is 438 g/mol. The van der Waals surface area contributed by atoms with Gasteiger partial charge in [-0.25, -0.2) is 13.1 Å². The smallest absolute Gasteiger partial charge is 0.246 e. The van der Waals surface area contributed by atoms with E-state index in [1.165, 1.54) is 0 Å². The van der Waals surface area contributed by atoms with Gasteiger partial charge in [-0.1, -0.05) is 23.2 Å². The SMILES string of the molecule is NC[C@@H](O)CN1CCC(Oc2ccc(Cl)c(Cl)c2S(=O)(=O)NC2CC2)CC1. The van der Waals surface area contributed by atoms with Crippen molar-refractivity contribution in [1.29, 1.82) is 0 Å². The van der Waals surface area contributed by atoms with Crippen molar-refractivity contribution in [3.05, 3.63) is 22.2 Å². The molecule has 1 heterocycles. The minimum absolute atomic E-state index is 0.0224. The fraction of sp³-hybridized carbons (Fsp3) is 0.647. The molecule has 7 nitrogen and oxygen atoms in total. The standard InChI is InChI=1S/C17H25Cl2N3O4S/c18-14-3-4-15(17(16(14)19)27(24,25)21-11-1-2-11)26-13-5-7-22(8-6-13)10-12(23)9-20/h3-4,11-13,21,23H,1-2,5-10,20H2/t12-/m1/s1. The quantitative estimate of drug-likeness (QED) is 0.570. The van der Waals surface area contributed by atoms with Crippen LogP contribution in [0.15, 0.2) is 17.0 Å². The Balaban J connectivity index is 1.71. The molecule has 0 bridgehead atoms. The van der Waals surface area contributed by atoms with E-state index in [2.05, 4.69) is 9.62 Å². The van der Waals surface area contributed by atoms with Crippen LogP contribution >= 0.6 is 23.2 Å². The van der Waals surface area contributed by atoms with Crippen LogP contribution in [0.4, 0.5) is 0 Å². The highest BCUT2D eigenvalue weighted by Crippen LogP contribution is 2.38. The molecule has 4 N–H and O–H groups in total. The highest BCUT2D eigenvalue weighted by Gasteiger charge is 2.33. The van der Waals surface area contributed by atoms with Crippen LogP contribution in [0.1, 0.15) is 25.7 Å². The minimum Gasteiger partial charge on any atom is -0.489 e. The molecule has 3 rings (SSSR count). The first-order chi connectivity index (χ1) is 12.8. The highest BCUT2D eigenvalue weighted by molar-refractivity contribution is 7.89. The van der Waals surface area contributed by atoms with Crippen molar-refractivity contribution < 1.29 is 18.3 Å². The first-order valence-corrected chi connectivity index (χ1v) is 11.3. The number of rotatable bonds is 8. The number of benzene rings is 1. The number of halogens is 2. The van der Waals surface area contributed by atoms with Gasteiger partial charge in [0.2, 0.25) is 10.0 Å². The molecule has 152 valence electrons. The number of β-amino-alcohol motifs (C(OH)–C–C–N with tert-alkyl or cyclic N) is 1. The number of ether oxygens (including phenoxy) is 1. The molecule has 0 unspecified atom stereocenters. The molecule has 0 radical (unpaired) electrons. The van der Waals surface area contributed by atoms with Gasteiger partial charge in [-0.15, -0.1) is 0 Å². The molecule has 1 aromatic carbocycles. The zero-order valence-electron chi connectivity index (χ0n) is 14.9. The lowest BCUT2D eigenvalue weighted by Crippen LogP contribution is -2.43. The number of nitrogens with zero attached hydrogens (tertiary/aromatic N) is 1. The van der Waals surface area contributed by atoms with Crippen LogP contribution in [0.3, 0.4) is 0 Å². The molecule has 1 aromatic rings. The Morgan fingerprint density at radius 1 is 1.26 bits per heavy atom. The zero-order chi connectivity index (χ0) is 19.6. The van der Waals surface area contributed by atoms with Crippen LogP contribution in [0.5, 0.6) is 5.75 Å². The maximum Gasteiger partial charge on any atom is 0.246 e. The summed E-state index contributed by atoms with van der Waals surface area (Å²) in [4.78, 5) is 2.03. The number of nitrogens with two attached hydrogens (primary N) is 1. The Labute approximate surface area is 169 Å². The molecule has 2 aliphatic rings. The maximum atomic E-state index is 12.7. The van der Waals surface area contributed by atoms with E-state index < -0.39 is 16.1 Å². The van der Waals surface area contributed by atoms with Crippen LogP contribution in [-0.4, -0.2) is 62.9 Å². The number of nitrogens with one attached hydrogen (secondary N) is 1. The van der Waals surface area contributed by atoms with Gasteiger partial charge in [0.1, 0.15) is 16.7 Å². The van der Waals surface area contributed by atoms with Gasteiger partial charge in [0, 0.05) is 32.2 Å². The van der Waals surface area contributed by atoms with E-state index in [-0.39, 0.29) is 39.4 Å². The lowest BCUT2D eigenvalue weighted by atomic mass is 10.1. The maximum absolute atomic E-state index is 12.7. The molecular formula is C17H25Cl2N3O4S. The van der Waals surface area contributed by atoms with Crippen LogP contribution in [-0.2, 0) is 10.0 Å². The molecule has 0 amide bonds. The number of piperidine rings is 1. The molecule has 0 aromatic heterocycles. The van der Waals surface area contributed by atoms with Gasteiger partial charge < -0.3 is 20.5 Å². The third-order valence-corrected chi connectivity index (χ3v) is 7.25. The second kappa shape index (κ2) is 8.82. The summed E-state index contributed by atoms with van der Waals surface area (Å²) in [5, 5.41) is 9.82. The van der Waals surface area contributed by atoms with Crippen LogP contribution in [0, 0.1) is 0 Å². The number of hydrogen-bond acceptors (Lipinski definition) is 6. The van der Waals surface area contributed by atoms with Crippen molar-refractivity contribution in [1.82, 2.24) is 9.62 Å². The van der Waals surface area contributed by atoms with Gasteiger partial charge in [0.25, 0.3) is 0 Å². The summed E-state index contributed by atoms with van der Waals surface area (Å²) in [5.74, 6) is 0.220. The first kappa shape index (κ1) is 21.1. The van der Waals surface area contributed by atoms with Gasteiger partial charge in [0.15, 0.2) is 0 Å². The van der Waals surface area contributed by atoms with Gasteiger partial charge in [-0.2, -0.15) is 0 Å². The average Bonchev–Trinajstić information content (AvgIpc) is 3.42. The normalized spacial score (nSPS) is 20.6. The molecule has 1 aliphatic carbocycles. The van der Waals surface area contributed by atoms with Gasteiger partial charge >= 0.3 is 0 Å². The van der Waals surface area contributed by atoms with Crippen molar-refractivity contribution in [2.75, 3.05) is 26.2 Å². The number of aliphatic hydroxyl groups excluding tert-OH is 1. The first-order valence-electron chi connectivity index (χ1n) is 9.07. The van der Waals surface area contributed by atoms with Crippen LogP contribution < -0.4 is 15.2 Å². The third-order valence-electron chi connectivity index (χ3n) is 4.75. The summed E-state index contributed by atoms with van der Waals surface area (Å²) in [7, 11) is -3.81. The Kier molecular flexibility index (Phi) is 6.89. The number of likely N-dealkylation sites (tertiary alicyclic amines) is 1. The highest BCUT2D eigenvalue weighted by atomic mass is 35.5. The Morgan fingerprint density at radius 3 is 2.52 bits per heavy atom. The van der Waals surface area contributed by atoms with E-state index >= 15 is 0 Å². The van der Waals surface area contributed by atoms with Crippen molar-refractivity contribution in [2.45, 2.75) is 48.8 Å². The number of aliphatic hydroxyl groups is 1. The number of sulfonamides is 1. The summed E-state index contributed by atoms with van der Waals surface area (Å²) in [5.41, 5.74) is 5.45. The molecule has 10 heteroatoms. The molecular weight excluding hydrogens is 413 g/mol. The van der Waals surface area contributed by atoms with Crippen molar-refractivity contribution in [3.63, 3.8) is 0 Å².